The van der Waals surface area contributed by atoms with E-state index in [2.05, 4.69) is 34.3 Å². The lowest BCUT2D eigenvalue weighted by atomic mass is 10.2. The standard InChI is InChI=1S/C24H36N2O8/c1-9-11-13-17(25-21(29)33-23(3,4)5)19(27)31-15-16-32-20(28)18(14-12-10-2)26-22(30)34-24(6,7)8/h17-18H,13-16H2,1-8H3,(H,25,29)(H,26,30)/t17-,18+. The first-order valence-electron chi connectivity index (χ1n) is 10.8. The van der Waals surface area contributed by atoms with Crippen LogP contribution in [-0.4, -0.2) is 60.6 Å². The fourth-order valence-electron chi connectivity index (χ4n) is 2.18. The summed E-state index contributed by atoms with van der Waals surface area (Å²) in [5.74, 6) is 9.17. The molecule has 0 aromatic heterocycles. The lowest BCUT2D eigenvalue weighted by Gasteiger charge is -2.22. The van der Waals surface area contributed by atoms with Crippen LogP contribution >= 0.6 is 0 Å². The van der Waals surface area contributed by atoms with Gasteiger partial charge in [-0.05, 0) is 55.4 Å². The van der Waals surface area contributed by atoms with Gasteiger partial charge in [-0.1, -0.05) is 0 Å². The van der Waals surface area contributed by atoms with Gasteiger partial charge >= 0.3 is 24.1 Å². The van der Waals surface area contributed by atoms with Gasteiger partial charge < -0.3 is 29.6 Å². The topological polar surface area (TPSA) is 129 Å². The van der Waals surface area contributed by atoms with Gasteiger partial charge in [0.1, 0.15) is 36.5 Å². The Balaban J connectivity index is 4.82. The third kappa shape index (κ3) is 15.4. The molecule has 10 nitrogen and oxygen atoms in total. The highest BCUT2D eigenvalue weighted by molar-refractivity contribution is 5.82. The zero-order valence-electron chi connectivity index (χ0n) is 21.2. The largest absolute Gasteiger partial charge is 0.461 e. The van der Waals surface area contributed by atoms with Gasteiger partial charge in [-0.2, -0.15) is 0 Å². The summed E-state index contributed by atoms with van der Waals surface area (Å²) in [7, 11) is 0. The van der Waals surface area contributed by atoms with Crippen molar-refractivity contribution in [3.8, 4) is 23.7 Å². The molecule has 0 saturated heterocycles. The van der Waals surface area contributed by atoms with Crippen molar-refractivity contribution < 1.29 is 38.1 Å². The average Bonchev–Trinajstić information content (AvgIpc) is 2.68. The number of hydrogen-bond acceptors (Lipinski definition) is 8. The Morgan fingerprint density at radius 1 is 0.676 bits per heavy atom. The summed E-state index contributed by atoms with van der Waals surface area (Å²) in [6.07, 6.45) is -1.53. The van der Waals surface area contributed by atoms with Crippen LogP contribution in [0, 0.1) is 23.7 Å². The van der Waals surface area contributed by atoms with Crippen LogP contribution in [0.2, 0.25) is 0 Å². The molecule has 34 heavy (non-hydrogen) atoms. The van der Waals surface area contributed by atoms with Crippen LogP contribution in [0.1, 0.15) is 68.2 Å². The van der Waals surface area contributed by atoms with Gasteiger partial charge in [0.25, 0.3) is 0 Å². The first-order valence-corrected chi connectivity index (χ1v) is 10.8. The first-order chi connectivity index (χ1) is 15.7. The second-order valence-corrected chi connectivity index (χ2v) is 8.99. The number of carbonyl (C=O) groups excluding carboxylic acids is 4. The molecule has 0 aliphatic carbocycles. The molecular weight excluding hydrogens is 444 g/mol. The third-order valence-corrected chi connectivity index (χ3v) is 3.49. The normalized spacial score (nSPS) is 12.4. The molecule has 0 aliphatic heterocycles. The van der Waals surface area contributed by atoms with E-state index in [1.54, 1.807) is 55.4 Å². The van der Waals surface area contributed by atoms with Crippen molar-refractivity contribution in [3.63, 3.8) is 0 Å². The van der Waals surface area contributed by atoms with E-state index in [1.165, 1.54) is 0 Å². The SMILES string of the molecule is CC#CC[C@H](NC(=O)OC(C)(C)C)C(=O)OCCOC(=O)[C@@H](CC#CC)NC(=O)OC(C)(C)C. The summed E-state index contributed by atoms with van der Waals surface area (Å²) >= 11 is 0. The minimum Gasteiger partial charge on any atom is -0.461 e. The molecule has 0 heterocycles. The minimum atomic E-state index is -1.06. The minimum absolute atomic E-state index is 0.0198. The van der Waals surface area contributed by atoms with E-state index in [-0.39, 0.29) is 26.1 Å². The summed E-state index contributed by atoms with van der Waals surface area (Å²) in [5, 5.41) is 4.83. The molecule has 0 fully saturated rings. The number of alkyl carbamates (subject to hydrolysis) is 2. The Morgan fingerprint density at radius 2 is 1.00 bits per heavy atom. The molecular formula is C24H36N2O8. The van der Waals surface area contributed by atoms with Gasteiger partial charge in [0.15, 0.2) is 0 Å². The molecule has 10 heteroatoms. The molecule has 2 atom stereocenters. The number of esters is 2. The van der Waals surface area contributed by atoms with Crippen LogP contribution in [0.25, 0.3) is 0 Å². The Morgan fingerprint density at radius 3 is 1.26 bits per heavy atom. The predicted molar refractivity (Wildman–Crippen MR) is 124 cm³/mol. The summed E-state index contributed by atoms with van der Waals surface area (Å²) in [5.41, 5.74) is -1.48. The quantitative estimate of drug-likeness (QED) is 0.223. The maximum Gasteiger partial charge on any atom is 0.408 e. The first kappa shape index (κ1) is 30.6. The highest BCUT2D eigenvalue weighted by Gasteiger charge is 2.27. The van der Waals surface area contributed by atoms with Crippen LogP contribution in [0.3, 0.4) is 0 Å². The van der Waals surface area contributed by atoms with E-state index in [0.717, 1.165) is 0 Å². The van der Waals surface area contributed by atoms with Crippen molar-refractivity contribution in [2.75, 3.05) is 13.2 Å². The highest BCUT2D eigenvalue weighted by atomic mass is 16.6. The molecule has 0 aromatic carbocycles. The Kier molecular flexibility index (Phi) is 13.2. The lowest BCUT2D eigenvalue weighted by molar-refractivity contribution is -0.154. The molecule has 2 amide bonds. The number of amides is 2. The lowest BCUT2D eigenvalue weighted by Crippen LogP contribution is -2.45. The molecule has 2 N–H and O–H groups in total. The summed E-state index contributed by atoms with van der Waals surface area (Å²) in [6.45, 7) is 12.8. The van der Waals surface area contributed by atoms with Gasteiger partial charge in [0.05, 0.1) is 0 Å². The van der Waals surface area contributed by atoms with Crippen LogP contribution in [0.4, 0.5) is 9.59 Å². The van der Waals surface area contributed by atoms with E-state index in [4.69, 9.17) is 18.9 Å². The van der Waals surface area contributed by atoms with Gasteiger partial charge in [0, 0.05) is 12.8 Å². The fourth-order valence-corrected chi connectivity index (χ4v) is 2.18. The van der Waals surface area contributed by atoms with Gasteiger partial charge in [-0.3, -0.25) is 0 Å². The summed E-state index contributed by atoms with van der Waals surface area (Å²) in [4.78, 5) is 48.7. The number of ether oxygens (including phenoxy) is 4. The molecule has 0 radical (unpaired) electrons. The van der Waals surface area contributed by atoms with Gasteiger partial charge in [-0.15, -0.1) is 23.7 Å². The third-order valence-electron chi connectivity index (χ3n) is 3.49. The number of carbonyl (C=O) groups is 4. The van der Waals surface area contributed by atoms with Crippen molar-refractivity contribution in [1.29, 1.82) is 0 Å². The van der Waals surface area contributed by atoms with E-state index in [0.29, 0.717) is 0 Å². The Bertz CT molecular complexity index is 761. The Hall–Kier alpha value is -3.40. The van der Waals surface area contributed by atoms with Crippen molar-refractivity contribution in [3.05, 3.63) is 0 Å². The number of rotatable bonds is 9. The van der Waals surface area contributed by atoms with Crippen molar-refractivity contribution in [1.82, 2.24) is 10.6 Å². The van der Waals surface area contributed by atoms with E-state index in [1.807, 2.05) is 0 Å². The molecule has 0 bridgehead atoms. The maximum atomic E-state index is 12.4. The van der Waals surface area contributed by atoms with Gasteiger partial charge in [-0.25, -0.2) is 19.2 Å². The molecule has 190 valence electrons. The molecule has 0 aliphatic rings. The predicted octanol–water partition coefficient (Wildman–Crippen LogP) is 2.69. The van der Waals surface area contributed by atoms with E-state index in [9.17, 15) is 19.2 Å². The Labute approximate surface area is 201 Å². The van der Waals surface area contributed by atoms with Gasteiger partial charge in [0.2, 0.25) is 0 Å². The second kappa shape index (κ2) is 14.7. The molecule has 0 unspecified atom stereocenters. The molecule has 0 aromatic rings. The summed E-state index contributed by atoms with van der Waals surface area (Å²) in [6, 6.07) is -2.11. The highest BCUT2D eigenvalue weighted by Crippen LogP contribution is 2.09. The smallest absolute Gasteiger partial charge is 0.408 e. The average molecular weight is 481 g/mol. The van der Waals surface area contributed by atoms with Crippen LogP contribution in [-0.2, 0) is 28.5 Å². The molecule has 0 saturated carbocycles. The second-order valence-electron chi connectivity index (χ2n) is 8.99. The van der Waals surface area contributed by atoms with E-state index >= 15 is 0 Å². The zero-order chi connectivity index (χ0) is 26.4. The van der Waals surface area contributed by atoms with Crippen LogP contribution in [0.5, 0.6) is 0 Å². The molecule has 0 spiro atoms. The number of nitrogens with one attached hydrogen (secondary N) is 2. The summed E-state index contributed by atoms with van der Waals surface area (Å²) < 4.78 is 20.5. The van der Waals surface area contributed by atoms with Crippen molar-refractivity contribution in [2.24, 2.45) is 0 Å². The van der Waals surface area contributed by atoms with E-state index < -0.39 is 47.4 Å². The van der Waals surface area contributed by atoms with Crippen LogP contribution < -0.4 is 10.6 Å². The van der Waals surface area contributed by atoms with Crippen molar-refractivity contribution in [2.45, 2.75) is 91.5 Å². The van der Waals surface area contributed by atoms with Crippen LogP contribution in [0.15, 0.2) is 0 Å². The monoisotopic (exact) mass is 480 g/mol. The number of hydrogen-bond donors (Lipinski definition) is 2. The maximum absolute atomic E-state index is 12.4. The molecule has 0 rings (SSSR count). The van der Waals surface area contributed by atoms with Crippen molar-refractivity contribution >= 4 is 24.1 Å². The fraction of sp³-hybridized carbons (Fsp3) is 0.667. The zero-order valence-corrected chi connectivity index (χ0v) is 21.2.